The Kier molecular flexibility index (Phi) is 7.90. The highest BCUT2D eigenvalue weighted by Gasteiger charge is 2.12. The minimum atomic E-state index is -0.853. The van der Waals surface area contributed by atoms with Gasteiger partial charge in [0.2, 0.25) is 0 Å². The second-order valence-corrected chi connectivity index (χ2v) is 3.19. The van der Waals surface area contributed by atoms with Crippen LogP contribution in [0.3, 0.4) is 0 Å². The van der Waals surface area contributed by atoms with Gasteiger partial charge < -0.3 is 11.1 Å². The zero-order chi connectivity index (χ0) is 12.4. The maximum Gasteiger partial charge on any atom is 0.302 e. The molecule has 0 aromatic rings. The second-order valence-electron chi connectivity index (χ2n) is 3.19. The number of nitroso groups, excluding NO2 is 2. The van der Waals surface area contributed by atoms with Gasteiger partial charge in [-0.3, -0.25) is 9.59 Å². The molecule has 0 saturated heterocycles. The van der Waals surface area contributed by atoms with Gasteiger partial charge in [0.15, 0.2) is 0 Å². The Labute approximate surface area is 91.9 Å². The predicted molar refractivity (Wildman–Crippen MR) is 56.3 cm³/mol. The molecule has 0 bridgehead atoms. The van der Waals surface area contributed by atoms with E-state index in [1.165, 1.54) is 0 Å². The summed E-state index contributed by atoms with van der Waals surface area (Å²) in [4.78, 5) is 40.6. The number of hydrogen-bond donors (Lipinski definition) is 2. The van der Waals surface area contributed by atoms with Gasteiger partial charge in [-0.1, -0.05) is 6.42 Å². The SMILES string of the molecule is NC(CCCCNCC(=O)N=O)C(=O)N=O. The fraction of sp³-hybridized carbons (Fsp3) is 0.750. The van der Waals surface area contributed by atoms with Gasteiger partial charge in [0, 0.05) is 10.4 Å². The van der Waals surface area contributed by atoms with E-state index in [1.54, 1.807) is 0 Å². The third-order valence-electron chi connectivity index (χ3n) is 1.90. The van der Waals surface area contributed by atoms with Crippen molar-refractivity contribution in [3.05, 3.63) is 9.81 Å². The molecule has 0 aromatic carbocycles. The lowest BCUT2D eigenvalue weighted by Gasteiger charge is -2.05. The van der Waals surface area contributed by atoms with E-state index in [2.05, 4.69) is 15.7 Å². The van der Waals surface area contributed by atoms with Crippen molar-refractivity contribution in [3.63, 3.8) is 0 Å². The van der Waals surface area contributed by atoms with E-state index in [-0.39, 0.29) is 6.54 Å². The smallest absolute Gasteiger partial charge is 0.302 e. The van der Waals surface area contributed by atoms with E-state index in [0.717, 1.165) is 0 Å². The third-order valence-corrected chi connectivity index (χ3v) is 1.90. The van der Waals surface area contributed by atoms with E-state index < -0.39 is 17.9 Å². The average Bonchev–Trinajstić information content (AvgIpc) is 2.31. The Morgan fingerprint density at radius 2 is 1.88 bits per heavy atom. The summed E-state index contributed by atoms with van der Waals surface area (Å²) in [5.74, 6) is -1.61. The molecule has 1 unspecified atom stereocenters. The molecule has 1 atom stereocenters. The van der Waals surface area contributed by atoms with Crippen molar-refractivity contribution in [1.82, 2.24) is 5.32 Å². The highest BCUT2D eigenvalue weighted by Crippen LogP contribution is 1.99. The number of carbonyl (C=O) groups is 2. The molecular formula is C8H14N4O4. The summed E-state index contributed by atoms with van der Waals surface area (Å²) in [5.41, 5.74) is 5.34. The number of rotatable bonds is 8. The van der Waals surface area contributed by atoms with Crippen molar-refractivity contribution in [1.29, 1.82) is 0 Å². The van der Waals surface area contributed by atoms with E-state index in [9.17, 15) is 19.4 Å². The van der Waals surface area contributed by atoms with Gasteiger partial charge >= 0.3 is 5.91 Å². The number of amides is 2. The van der Waals surface area contributed by atoms with Crippen LogP contribution in [0.5, 0.6) is 0 Å². The van der Waals surface area contributed by atoms with E-state index in [1.807, 2.05) is 0 Å². The first-order chi connectivity index (χ1) is 7.61. The van der Waals surface area contributed by atoms with Gasteiger partial charge in [-0.15, -0.1) is 9.81 Å². The lowest BCUT2D eigenvalue weighted by Crippen LogP contribution is -2.29. The molecule has 0 aliphatic heterocycles. The fourth-order valence-corrected chi connectivity index (χ4v) is 1.03. The molecule has 0 aromatic heterocycles. The molecule has 3 N–H and O–H groups in total. The van der Waals surface area contributed by atoms with Crippen LogP contribution in [0, 0.1) is 9.81 Å². The molecule has 90 valence electrons. The molecule has 0 fully saturated rings. The zero-order valence-electron chi connectivity index (χ0n) is 8.72. The minimum absolute atomic E-state index is 0.0929. The zero-order valence-corrected chi connectivity index (χ0v) is 8.72. The molecule has 2 amide bonds. The topological polar surface area (TPSA) is 131 Å². The van der Waals surface area contributed by atoms with Crippen LogP contribution < -0.4 is 11.1 Å². The Morgan fingerprint density at radius 3 is 2.44 bits per heavy atom. The van der Waals surface area contributed by atoms with Crippen molar-refractivity contribution in [3.8, 4) is 0 Å². The highest BCUT2D eigenvalue weighted by molar-refractivity contribution is 5.82. The maximum atomic E-state index is 10.6. The van der Waals surface area contributed by atoms with Crippen LogP contribution >= 0.6 is 0 Å². The van der Waals surface area contributed by atoms with Gasteiger partial charge in [-0.25, -0.2) is 0 Å². The first kappa shape index (κ1) is 14.5. The van der Waals surface area contributed by atoms with Crippen LogP contribution in [0.25, 0.3) is 0 Å². The summed E-state index contributed by atoms with van der Waals surface area (Å²) in [6, 6.07) is -0.851. The maximum absolute atomic E-state index is 10.6. The number of nitrogens with one attached hydrogen (secondary N) is 1. The summed E-state index contributed by atoms with van der Waals surface area (Å²) in [5, 5.41) is 7.12. The normalized spacial score (nSPS) is 11.8. The van der Waals surface area contributed by atoms with E-state index in [4.69, 9.17) is 5.73 Å². The van der Waals surface area contributed by atoms with Gasteiger partial charge in [0.1, 0.15) is 0 Å². The van der Waals surface area contributed by atoms with Crippen LogP contribution in [0.1, 0.15) is 19.3 Å². The average molecular weight is 230 g/mol. The Bertz CT molecular complexity index is 269. The molecule has 0 heterocycles. The summed E-state index contributed by atoms with van der Waals surface area (Å²) in [6.45, 7) is 0.418. The van der Waals surface area contributed by atoms with Gasteiger partial charge in [-0.05, 0) is 19.4 Å². The second kappa shape index (κ2) is 8.74. The fourth-order valence-electron chi connectivity index (χ4n) is 1.03. The number of unbranched alkanes of at least 4 members (excludes halogenated alkanes) is 1. The molecule has 8 nitrogen and oxygen atoms in total. The summed E-state index contributed by atoms with van der Waals surface area (Å²) in [6.07, 6.45) is 1.66. The summed E-state index contributed by atoms with van der Waals surface area (Å²) < 4.78 is 0. The Balaban J connectivity index is 3.40. The van der Waals surface area contributed by atoms with Crippen LogP contribution in [0.15, 0.2) is 10.4 Å². The van der Waals surface area contributed by atoms with Gasteiger partial charge in [0.05, 0.1) is 12.6 Å². The molecule has 0 spiro atoms. The first-order valence-electron chi connectivity index (χ1n) is 4.81. The standard InChI is InChI=1S/C8H14N4O4/c9-6(8(14)12-16)3-1-2-4-10-5-7(13)11-15/h6,10H,1-5,9H2. The van der Waals surface area contributed by atoms with Crippen LogP contribution in [0.2, 0.25) is 0 Å². The lowest BCUT2D eigenvalue weighted by atomic mass is 10.1. The molecular weight excluding hydrogens is 216 g/mol. The number of nitrogens with zero attached hydrogens (tertiary/aromatic N) is 2. The van der Waals surface area contributed by atoms with Gasteiger partial charge in [-0.2, -0.15) is 0 Å². The quantitative estimate of drug-likeness (QED) is 0.433. The molecule has 0 saturated carbocycles. The molecule has 0 radical (unpaired) electrons. The lowest BCUT2D eigenvalue weighted by molar-refractivity contribution is -0.119. The van der Waals surface area contributed by atoms with E-state index >= 15 is 0 Å². The molecule has 0 aliphatic rings. The number of hydrogen-bond acceptors (Lipinski definition) is 6. The predicted octanol–water partition coefficient (Wildman–Crippen LogP) is -0.340. The molecule has 0 aliphatic carbocycles. The Hall–Kier alpha value is -1.54. The van der Waals surface area contributed by atoms with Crippen LogP contribution in [-0.2, 0) is 9.59 Å². The van der Waals surface area contributed by atoms with Crippen molar-refractivity contribution in [2.24, 2.45) is 16.1 Å². The summed E-state index contributed by atoms with van der Waals surface area (Å²) >= 11 is 0. The van der Waals surface area contributed by atoms with Crippen molar-refractivity contribution in [2.75, 3.05) is 13.1 Å². The number of nitrogens with two attached hydrogens (primary N) is 1. The molecule has 0 rings (SSSR count). The highest BCUT2D eigenvalue weighted by atomic mass is 16.3. The largest absolute Gasteiger partial charge is 0.320 e. The van der Waals surface area contributed by atoms with E-state index in [0.29, 0.717) is 25.8 Å². The van der Waals surface area contributed by atoms with Crippen LogP contribution in [-0.4, -0.2) is 30.9 Å². The van der Waals surface area contributed by atoms with Crippen molar-refractivity contribution >= 4 is 11.8 Å². The Morgan fingerprint density at radius 1 is 1.19 bits per heavy atom. The first-order valence-corrected chi connectivity index (χ1v) is 4.81. The third kappa shape index (κ3) is 6.85. The van der Waals surface area contributed by atoms with Crippen molar-refractivity contribution in [2.45, 2.75) is 25.3 Å². The molecule has 16 heavy (non-hydrogen) atoms. The number of carbonyl (C=O) groups excluding carboxylic acids is 2. The molecule has 8 heteroatoms. The minimum Gasteiger partial charge on any atom is -0.320 e. The van der Waals surface area contributed by atoms with Crippen LogP contribution in [0.4, 0.5) is 0 Å². The van der Waals surface area contributed by atoms with Gasteiger partial charge in [0.25, 0.3) is 5.91 Å². The van der Waals surface area contributed by atoms with Crippen molar-refractivity contribution < 1.29 is 9.59 Å². The summed E-state index contributed by atoms with van der Waals surface area (Å²) in [7, 11) is 0. The monoisotopic (exact) mass is 230 g/mol.